The molecule has 2 aromatic carbocycles. The van der Waals surface area contributed by atoms with Gasteiger partial charge >= 0.3 is 0 Å². The highest BCUT2D eigenvalue weighted by Crippen LogP contribution is 2.23. The van der Waals surface area contributed by atoms with Gasteiger partial charge in [-0.25, -0.2) is 0 Å². The van der Waals surface area contributed by atoms with Crippen molar-refractivity contribution in [3.63, 3.8) is 0 Å². The fourth-order valence-corrected chi connectivity index (χ4v) is 3.99. The summed E-state index contributed by atoms with van der Waals surface area (Å²) in [4.78, 5) is 27.4. The molecule has 7 heteroatoms. The van der Waals surface area contributed by atoms with Crippen molar-refractivity contribution in [1.82, 2.24) is 14.8 Å². The lowest BCUT2D eigenvalue weighted by atomic mass is 10.0. The van der Waals surface area contributed by atoms with Crippen LogP contribution in [-0.4, -0.2) is 47.5 Å². The van der Waals surface area contributed by atoms with E-state index < -0.39 is 0 Å². The maximum atomic E-state index is 12.9. The summed E-state index contributed by atoms with van der Waals surface area (Å²) in [5.74, 6) is 0.281. The average Bonchev–Trinajstić information content (AvgIpc) is 3.34. The zero-order valence-corrected chi connectivity index (χ0v) is 18.0. The van der Waals surface area contributed by atoms with Crippen molar-refractivity contribution >= 4 is 23.4 Å². The number of aromatic nitrogens is 1. The monoisotopic (exact) mass is 437 g/mol. The van der Waals surface area contributed by atoms with Gasteiger partial charge in [0.1, 0.15) is 5.75 Å². The van der Waals surface area contributed by atoms with Crippen LogP contribution < -0.4 is 10.1 Å². The number of benzene rings is 2. The molecule has 0 radical (unpaired) electrons. The summed E-state index contributed by atoms with van der Waals surface area (Å²) < 4.78 is 7.26. The maximum Gasteiger partial charge on any atom is 0.255 e. The summed E-state index contributed by atoms with van der Waals surface area (Å²) in [6, 6.07) is 16.5. The quantitative estimate of drug-likeness (QED) is 0.651. The van der Waals surface area contributed by atoms with Crippen LogP contribution in [0.1, 0.15) is 33.6 Å². The van der Waals surface area contributed by atoms with Gasteiger partial charge in [0.25, 0.3) is 11.8 Å². The van der Waals surface area contributed by atoms with Gasteiger partial charge in [-0.05, 0) is 67.4 Å². The van der Waals surface area contributed by atoms with Crippen molar-refractivity contribution in [2.24, 2.45) is 0 Å². The molecule has 0 spiro atoms. The minimum Gasteiger partial charge on any atom is -0.496 e. The first kappa shape index (κ1) is 21.0. The molecule has 1 fully saturated rings. The van der Waals surface area contributed by atoms with Gasteiger partial charge in [0.05, 0.1) is 12.7 Å². The van der Waals surface area contributed by atoms with Crippen LogP contribution in [0.5, 0.6) is 5.75 Å². The number of methoxy groups -OCH3 is 1. The molecule has 0 bridgehead atoms. The van der Waals surface area contributed by atoms with Crippen molar-refractivity contribution in [1.29, 1.82) is 0 Å². The van der Waals surface area contributed by atoms with E-state index in [1.807, 2.05) is 58.3 Å². The minimum atomic E-state index is -0.218. The maximum absolute atomic E-state index is 12.9. The third kappa shape index (κ3) is 4.75. The van der Waals surface area contributed by atoms with E-state index in [4.69, 9.17) is 16.3 Å². The second-order valence-corrected chi connectivity index (χ2v) is 7.96. The molecule has 6 nitrogen and oxygen atoms in total. The smallest absolute Gasteiger partial charge is 0.255 e. The van der Waals surface area contributed by atoms with Gasteiger partial charge in [0.2, 0.25) is 0 Å². The highest BCUT2D eigenvalue weighted by Gasteiger charge is 2.25. The summed E-state index contributed by atoms with van der Waals surface area (Å²) >= 11 is 6.03. The Kier molecular flexibility index (Phi) is 6.28. The predicted octanol–water partition coefficient (Wildman–Crippen LogP) is 4.17. The number of carbonyl (C=O) groups excluding carboxylic acids is 2. The van der Waals surface area contributed by atoms with Crippen LogP contribution in [0.15, 0.2) is 67.0 Å². The fourth-order valence-electron chi connectivity index (χ4n) is 3.81. The van der Waals surface area contributed by atoms with Crippen LogP contribution in [0, 0.1) is 0 Å². The highest BCUT2D eigenvalue weighted by molar-refractivity contribution is 6.31. The molecule has 1 aromatic heterocycles. The van der Waals surface area contributed by atoms with Crippen molar-refractivity contribution < 1.29 is 14.3 Å². The molecule has 1 aliphatic rings. The molecule has 2 heterocycles. The second kappa shape index (κ2) is 9.27. The van der Waals surface area contributed by atoms with Crippen LogP contribution in [0.2, 0.25) is 5.02 Å². The highest BCUT2D eigenvalue weighted by atomic mass is 35.5. The van der Waals surface area contributed by atoms with E-state index in [0.717, 1.165) is 5.69 Å². The first-order valence-corrected chi connectivity index (χ1v) is 10.6. The number of likely N-dealkylation sites (tertiary alicyclic amines) is 1. The Labute approximate surface area is 186 Å². The normalized spacial score (nSPS) is 14.3. The van der Waals surface area contributed by atoms with Crippen LogP contribution >= 0.6 is 11.6 Å². The summed E-state index contributed by atoms with van der Waals surface area (Å²) in [7, 11) is 1.52. The van der Waals surface area contributed by atoms with Gasteiger partial charge < -0.3 is 19.5 Å². The van der Waals surface area contributed by atoms with Crippen LogP contribution in [-0.2, 0) is 0 Å². The molecule has 31 heavy (non-hydrogen) atoms. The van der Waals surface area contributed by atoms with Gasteiger partial charge in [-0.2, -0.15) is 0 Å². The zero-order valence-electron chi connectivity index (χ0n) is 17.3. The number of piperidine rings is 1. The third-order valence-corrected chi connectivity index (χ3v) is 5.78. The summed E-state index contributed by atoms with van der Waals surface area (Å²) in [6.45, 7) is 1.19. The fraction of sp³-hybridized carbons (Fsp3) is 0.250. The predicted molar refractivity (Wildman–Crippen MR) is 120 cm³/mol. The molecule has 1 aliphatic heterocycles. The lowest BCUT2D eigenvalue weighted by Gasteiger charge is -2.32. The van der Waals surface area contributed by atoms with Gasteiger partial charge in [0.15, 0.2) is 0 Å². The Hall–Kier alpha value is -3.25. The molecule has 0 atom stereocenters. The van der Waals surface area contributed by atoms with Gasteiger partial charge in [-0.3, -0.25) is 9.59 Å². The first-order valence-electron chi connectivity index (χ1n) is 10.2. The van der Waals surface area contributed by atoms with E-state index in [2.05, 4.69) is 5.32 Å². The van der Waals surface area contributed by atoms with Crippen molar-refractivity contribution in [3.8, 4) is 11.4 Å². The standard InChI is InChI=1S/C24H24ClN3O3/c1-31-22-9-6-18(25)16-21(22)23(29)26-19-10-14-28(15-11-19)24(30)17-4-7-20(8-5-17)27-12-2-3-13-27/h2-9,12-13,16,19H,10-11,14-15H2,1H3,(H,26,29). The average molecular weight is 438 g/mol. The lowest BCUT2D eigenvalue weighted by Crippen LogP contribution is -2.46. The van der Waals surface area contributed by atoms with Crippen molar-refractivity contribution in [2.45, 2.75) is 18.9 Å². The molecule has 2 amide bonds. The summed E-state index contributed by atoms with van der Waals surface area (Å²) in [5.41, 5.74) is 2.10. The van der Waals surface area contributed by atoms with Gasteiger partial charge in [0, 0.05) is 47.8 Å². The number of hydrogen-bond acceptors (Lipinski definition) is 3. The van der Waals surface area contributed by atoms with E-state index in [-0.39, 0.29) is 17.9 Å². The molecule has 0 aliphatic carbocycles. The number of nitrogens with zero attached hydrogens (tertiary/aromatic N) is 2. The Bertz CT molecular complexity index is 1060. The van der Waals surface area contributed by atoms with Crippen LogP contribution in [0.4, 0.5) is 0 Å². The number of amides is 2. The minimum absolute atomic E-state index is 0.00338. The summed E-state index contributed by atoms with van der Waals surface area (Å²) in [6.07, 6.45) is 5.33. The number of ether oxygens (including phenoxy) is 1. The molecule has 1 saturated heterocycles. The van der Waals surface area contributed by atoms with E-state index in [0.29, 0.717) is 47.8 Å². The third-order valence-electron chi connectivity index (χ3n) is 5.54. The Morgan fingerprint density at radius 2 is 1.71 bits per heavy atom. The Balaban J connectivity index is 1.34. The first-order chi connectivity index (χ1) is 15.0. The molecule has 4 rings (SSSR count). The molecular weight excluding hydrogens is 414 g/mol. The Morgan fingerprint density at radius 3 is 2.35 bits per heavy atom. The largest absolute Gasteiger partial charge is 0.496 e. The summed E-state index contributed by atoms with van der Waals surface area (Å²) in [5, 5.41) is 3.52. The number of halogens is 1. The topological polar surface area (TPSA) is 63.6 Å². The molecule has 3 aromatic rings. The molecule has 160 valence electrons. The molecule has 0 unspecified atom stereocenters. The molecule has 0 saturated carbocycles. The van der Waals surface area contributed by atoms with Crippen molar-refractivity contribution in [2.75, 3.05) is 20.2 Å². The second-order valence-electron chi connectivity index (χ2n) is 7.52. The van der Waals surface area contributed by atoms with Crippen LogP contribution in [0.25, 0.3) is 5.69 Å². The van der Waals surface area contributed by atoms with Gasteiger partial charge in [-0.15, -0.1) is 0 Å². The molecular formula is C24H24ClN3O3. The Morgan fingerprint density at radius 1 is 1.03 bits per heavy atom. The molecule has 1 N–H and O–H groups in total. The van der Waals surface area contributed by atoms with E-state index >= 15 is 0 Å². The van der Waals surface area contributed by atoms with Crippen molar-refractivity contribution in [3.05, 3.63) is 83.1 Å². The van der Waals surface area contributed by atoms with Crippen LogP contribution in [0.3, 0.4) is 0 Å². The number of hydrogen-bond donors (Lipinski definition) is 1. The SMILES string of the molecule is COc1ccc(Cl)cc1C(=O)NC1CCN(C(=O)c2ccc(-n3cccc3)cc2)CC1. The number of nitrogens with one attached hydrogen (secondary N) is 1. The lowest BCUT2D eigenvalue weighted by molar-refractivity contribution is 0.0698. The van der Waals surface area contributed by atoms with E-state index in [1.165, 1.54) is 7.11 Å². The van der Waals surface area contributed by atoms with E-state index in [9.17, 15) is 9.59 Å². The number of rotatable bonds is 5. The van der Waals surface area contributed by atoms with Gasteiger partial charge in [-0.1, -0.05) is 11.6 Å². The number of carbonyl (C=O) groups is 2. The van der Waals surface area contributed by atoms with E-state index in [1.54, 1.807) is 18.2 Å². The zero-order chi connectivity index (χ0) is 21.8.